The van der Waals surface area contributed by atoms with Crippen molar-refractivity contribution in [3.63, 3.8) is 0 Å². The zero-order chi connectivity index (χ0) is 16.6. The van der Waals surface area contributed by atoms with E-state index >= 15 is 0 Å². The highest BCUT2D eigenvalue weighted by molar-refractivity contribution is 9.10. The number of carbonyl (C=O) groups excluding carboxylic acids is 1. The SMILES string of the molecule is Cc1ccc2nc(C)c(C(=O)Nc3cc(Br)ccc3C)cc2c1. The van der Waals surface area contributed by atoms with Crippen molar-refractivity contribution in [2.45, 2.75) is 20.8 Å². The molecule has 3 nitrogen and oxygen atoms in total. The second-order valence-corrected chi connectivity index (χ2v) is 6.65. The van der Waals surface area contributed by atoms with E-state index in [0.717, 1.165) is 37.9 Å². The molecule has 0 radical (unpaired) electrons. The van der Waals surface area contributed by atoms with Crippen LogP contribution in [0.15, 0.2) is 46.9 Å². The van der Waals surface area contributed by atoms with Crippen LogP contribution in [-0.2, 0) is 0 Å². The highest BCUT2D eigenvalue weighted by Gasteiger charge is 2.13. The van der Waals surface area contributed by atoms with Crippen LogP contribution in [0.5, 0.6) is 0 Å². The van der Waals surface area contributed by atoms with Gasteiger partial charge in [-0.2, -0.15) is 0 Å². The Morgan fingerprint density at radius 2 is 1.83 bits per heavy atom. The molecule has 1 amide bonds. The van der Waals surface area contributed by atoms with Crippen molar-refractivity contribution in [3.8, 4) is 0 Å². The number of nitrogens with zero attached hydrogens (tertiary/aromatic N) is 1. The quantitative estimate of drug-likeness (QED) is 0.677. The van der Waals surface area contributed by atoms with Gasteiger partial charge >= 0.3 is 0 Å². The Labute approximate surface area is 143 Å². The number of amides is 1. The predicted molar refractivity (Wildman–Crippen MR) is 98.0 cm³/mol. The van der Waals surface area contributed by atoms with E-state index in [4.69, 9.17) is 0 Å². The third-order valence-electron chi connectivity index (χ3n) is 3.85. The molecule has 0 atom stereocenters. The minimum absolute atomic E-state index is 0.139. The molecule has 0 aliphatic carbocycles. The van der Waals surface area contributed by atoms with Crippen molar-refractivity contribution in [1.82, 2.24) is 4.98 Å². The molecule has 4 heteroatoms. The molecule has 0 saturated heterocycles. The van der Waals surface area contributed by atoms with Gasteiger partial charge in [0.2, 0.25) is 0 Å². The summed E-state index contributed by atoms with van der Waals surface area (Å²) in [6.07, 6.45) is 0. The molecule has 0 aliphatic rings. The third kappa shape index (κ3) is 3.27. The van der Waals surface area contributed by atoms with Crippen LogP contribution in [-0.4, -0.2) is 10.9 Å². The molecule has 0 fully saturated rings. The Morgan fingerprint density at radius 3 is 2.61 bits per heavy atom. The summed E-state index contributed by atoms with van der Waals surface area (Å²) in [7, 11) is 0. The van der Waals surface area contributed by atoms with Crippen LogP contribution in [0.2, 0.25) is 0 Å². The van der Waals surface area contributed by atoms with Crippen LogP contribution < -0.4 is 5.32 Å². The standard InChI is InChI=1S/C19H17BrN2O/c1-11-4-7-17-14(8-11)9-16(13(3)21-17)19(23)22-18-10-15(20)6-5-12(18)2/h4-10H,1-3H3,(H,22,23). The predicted octanol–water partition coefficient (Wildman–Crippen LogP) is 5.17. The first kappa shape index (κ1) is 15.7. The van der Waals surface area contributed by atoms with E-state index < -0.39 is 0 Å². The van der Waals surface area contributed by atoms with Crippen molar-refractivity contribution in [2.24, 2.45) is 0 Å². The lowest BCUT2D eigenvalue weighted by atomic mass is 10.1. The largest absolute Gasteiger partial charge is 0.322 e. The molecule has 3 rings (SSSR count). The number of nitrogens with one attached hydrogen (secondary N) is 1. The molecule has 1 N–H and O–H groups in total. The number of fused-ring (bicyclic) bond motifs is 1. The third-order valence-corrected chi connectivity index (χ3v) is 4.35. The molecule has 0 saturated carbocycles. The first-order valence-corrected chi connectivity index (χ1v) is 8.19. The molecule has 3 aromatic rings. The summed E-state index contributed by atoms with van der Waals surface area (Å²) < 4.78 is 0.933. The average molecular weight is 369 g/mol. The smallest absolute Gasteiger partial charge is 0.257 e. The van der Waals surface area contributed by atoms with Gasteiger partial charge in [-0.15, -0.1) is 0 Å². The monoisotopic (exact) mass is 368 g/mol. The second-order valence-electron chi connectivity index (χ2n) is 5.73. The van der Waals surface area contributed by atoms with Crippen LogP contribution in [0.4, 0.5) is 5.69 Å². The maximum Gasteiger partial charge on any atom is 0.257 e. The van der Waals surface area contributed by atoms with Crippen molar-refractivity contribution < 1.29 is 4.79 Å². The van der Waals surface area contributed by atoms with Crippen molar-refractivity contribution >= 4 is 38.4 Å². The van der Waals surface area contributed by atoms with E-state index in [1.165, 1.54) is 0 Å². The Morgan fingerprint density at radius 1 is 1.04 bits per heavy atom. The topological polar surface area (TPSA) is 42.0 Å². The molecule has 0 spiro atoms. The first-order valence-electron chi connectivity index (χ1n) is 7.39. The summed E-state index contributed by atoms with van der Waals surface area (Å²) in [4.78, 5) is 17.2. The lowest BCUT2D eigenvalue weighted by Crippen LogP contribution is -2.15. The molecule has 0 aliphatic heterocycles. The number of aromatic nitrogens is 1. The summed E-state index contributed by atoms with van der Waals surface area (Å²) in [6, 6.07) is 13.8. The molecule has 0 unspecified atom stereocenters. The van der Waals surface area contributed by atoms with E-state index in [1.54, 1.807) is 0 Å². The van der Waals surface area contributed by atoms with Crippen LogP contribution in [0.25, 0.3) is 10.9 Å². The lowest BCUT2D eigenvalue weighted by Gasteiger charge is -2.11. The summed E-state index contributed by atoms with van der Waals surface area (Å²) in [5, 5.41) is 3.96. The molecule has 0 bridgehead atoms. The van der Waals surface area contributed by atoms with Crippen molar-refractivity contribution in [1.29, 1.82) is 0 Å². The number of anilines is 1. The van der Waals surface area contributed by atoms with E-state index in [1.807, 2.05) is 63.2 Å². The zero-order valence-electron chi connectivity index (χ0n) is 13.3. The summed E-state index contributed by atoms with van der Waals surface area (Å²) in [5.41, 5.74) is 5.20. The van der Waals surface area contributed by atoms with Gasteiger partial charge in [-0.1, -0.05) is 33.6 Å². The Hall–Kier alpha value is -2.20. The fraction of sp³-hybridized carbons (Fsp3) is 0.158. The minimum Gasteiger partial charge on any atom is -0.322 e. The van der Waals surface area contributed by atoms with Gasteiger partial charge in [0.25, 0.3) is 5.91 Å². The molecule has 1 aromatic heterocycles. The van der Waals surface area contributed by atoms with Gasteiger partial charge in [0.1, 0.15) is 0 Å². The average Bonchev–Trinajstić information content (AvgIpc) is 2.50. The first-order chi connectivity index (χ1) is 10.9. The summed E-state index contributed by atoms with van der Waals surface area (Å²) >= 11 is 3.43. The van der Waals surface area contributed by atoms with Gasteiger partial charge in [-0.05, 0) is 56.7 Å². The number of hydrogen-bond donors (Lipinski definition) is 1. The summed E-state index contributed by atoms with van der Waals surface area (Å²) in [5.74, 6) is -0.139. The Kier molecular flexibility index (Phi) is 4.18. The molecular weight excluding hydrogens is 352 g/mol. The van der Waals surface area contributed by atoms with Crippen LogP contribution >= 0.6 is 15.9 Å². The molecular formula is C19H17BrN2O. The van der Waals surface area contributed by atoms with E-state index in [9.17, 15) is 4.79 Å². The van der Waals surface area contributed by atoms with Crippen LogP contribution in [0.3, 0.4) is 0 Å². The van der Waals surface area contributed by atoms with E-state index in [-0.39, 0.29) is 5.91 Å². The molecule has 23 heavy (non-hydrogen) atoms. The highest BCUT2D eigenvalue weighted by atomic mass is 79.9. The number of carbonyl (C=O) groups is 1. The normalized spacial score (nSPS) is 10.8. The van der Waals surface area contributed by atoms with Gasteiger partial charge in [0.15, 0.2) is 0 Å². The van der Waals surface area contributed by atoms with Gasteiger partial charge in [-0.25, -0.2) is 0 Å². The summed E-state index contributed by atoms with van der Waals surface area (Å²) in [6.45, 7) is 5.86. The fourth-order valence-corrected chi connectivity index (χ4v) is 2.90. The van der Waals surface area contributed by atoms with E-state index in [2.05, 4.69) is 26.2 Å². The van der Waals surface area contributed by atoms with Gasteiger partial charge in [0.05, 0.1) is 16.8 Å². The molecule has 2 aromatic carbocycles. The Balaban J connectivity index is 2.00. The second kappa shape index (κ2) is 6.13. The van der Waals surface area contributed by atoms with E-state index in [0.29, 0.717) is 5.56 Å². The van der Waals surface area contributed by atoms with Crippen LogP contribution in [0.1, 0.15) is 27.2 Å². The number of aryl methyl sites for hydroxylation is 3. The Bertz CT molecular complexity index is 919. The maximum absolute atomic E-state index is 12.7. The van der Waals surface area contributed by atoms with Gasteiger partial charge in [-0.3, -0.25) is 9.78 Å². The number of halogens is 1. The highest BCUT2D eigenvalue weighted by Crippen LogP contribution is 2.23. The van der Waals surface area contributed by atoms with Crippen molar-refractivity contribution in [2.75, 3.05) is 5.32 Å². The van der Waals surface area contributed by atoms with Gasteiger partial charge < -0.3 is 5.32 Å². The fourth-order valence-electron chi connectivity index (χ4n) is 2.54. The zero-order valence-corrected chi connectivity index (χ0v) is 14.9. The van der Waals surface area contributed by atoms with Gasteiger partial charge in [0, 0.05) is 15.5 Å². The molecule has 116 valence electrons. The number of benzene rings is 2. The lowest BCUT2D eigenvalue weighted by molar-refractivity contribution is 0.102. The number of hydrogen-bond acceptors (Lipinski definition) is 2. The van der Waals surface area contributed by atoms with Crippen LogP contribution in [0, 0.1) is 20.8 Å². The maximum atomic E-state index is 12.7. The number of rotatable bonds is 2. The molecule has 1 heterocycles. The van der Waals surface area contributed by atoms with Crippen molar-refractivity contribution in [3.05, 3.63) is 69.3 Å². The minimum atomic E-state index is -0.139. The number of pyridine rings is 1.